The Bertz CT molecular complexity index is 703. The van der Waals surface area contributed by atoms with Gasteiger partial charge in [-0.15, -0.1) is 0 Å². The number of aromatic amines is 1. The molecule has 0 radical (unpaired) electrons. The highest BCUT2D eigenvalue weighted by Crippen LogP contribution is 2.19. The van der Waals surface area contributed by atoms with Crippen molar-refractivity contribution in [3.05, 3.63) is 47.1 Å². The summed E-state index contributed by atoms with van der Waals surface area (Å²) >= 11 is 0. The zero-order valence-corrected chi connectivity index (χ0v) is 11.4. The van der Waals surface area contributed by atoms with Crippen LogP contribution in [-0.4, -0.2) is 21.5 Å². The summed E-state index contributed by atoms with van der Waals surface area (Å²) in [6.07, 6.45) is 5.27. The Kier molecular flexibility index (Phi) is 4.20. The topological polar surface area (TPSA) is 75.2 Å². The first-order valence-corrected chi connectivity index (χ1v) is 6.23. The van der Waals surface area contributed by atoms with Crippen LogP contribution < -0.4 is 5.56 Å². The molecule has 1 N–H and O–H groups in total. The molecule has 0 bridgehead atoms. The molecule has 102 valence electrons. The molecule has 0 saturated heterocycles. The summed E-state index contributed by atoms with van der Waals surface area (Å²) in [5.41, 5.74) is 2.36. The second kappa shape index (κ2) is 6.06. The smallest absolute Gasteiger partial charge is 0.273 e. The van der Waals surface area contributed by atoms with Crippen LogP contribution in [0.4, 0.5) is 5.69 Å². The van der Waals surface area contributed by atoms with E-state index >= 15 is 0 Å². The molecule has 2 aromatic heterocycles. The summed E-state index contributed by atoms with van der Waals surface area (Å²) in [6, 6.07) is 5.42. The van der Waals surface area contributed by atoms with Gasteiger partial charge in [-0.1, -0.05) is 6.07 Å². The zero-order chi connectivity index (χ0) is 14.5. The van der Waals surface area contributed by atoms with Gasteiger partial charge in [0.1, 0.15) is 11.5 Å². The molecule has 0 spiro atoms. The highest BCUT2D eigenvalue weighted by molar-refractivity contribution is 6.00. The molecule has 20 heavy (non-hydrogen) atoms. The number of aromatic nitrogens is 2. The van der Waals surface area contributed by atoms with Crippen molar-refractivity contribution in [3.8, 4) is 11.1 Å². The highest BCUT2D eigenvalue weighted by atomic mass is 16.1. The number of aliphatic imine (C=N–C) groups is 1. The predicted octanol–water partition coefficient (Wildman–Crippen LogP) is 2.51. The molecule has 0 aliphatic carbocycles. The van der Waals surface area contributed by atoms with Crippen molar-refractivity contribution in [1.82, 2.24) is 9.97 Å². The number of rotatable bonds is 4. The normalized spacial score (nSPS) is 11.4. The van der Waals surface area contributed by atoms with E-state index in [9.17, 15) is 9.59 Å². The van der Waals surface area contributed by atoms with Gasteiger partial charge >= 0.3 is 0 Å². The molecule has 0 amide bonds. The fourth-order valence-corrected chi connectivity index (χ4v) is 1.86. The Morgan fingerprint density at radius 1 is 1.35 bits per heavy atom. The Morgan fingerprint density at radius 2 is 2.15 bits per heavy atom. The third-order valence-corrected chi connectivity index (χ3v) is 2.69. The molecular formula is C15H15N3O2. The standard InChI is InChI=1S/C15H15N3O2/c1-10(6-11(2)19)18-14-7-13(9-17-15(14)20)12-4-3-5-16-8-12/h3-5,7-9H,6H2,1-2H3,(H,17,20). The van der Waals surface area contributed by atoms with E-state index in [4.69, 9.17) is 0 Å². The number of hydrogen-bond donors (Lipinski definition) is 1. The van der Waals surface area contributed by atoms with Crippen molar-refractivity contribution in [2.45, 2.75) is 20.3 Å². The van der Waals surface area contributed by atoms with Crippen LogP contribution in [0.15, 0.2) is 46.6 Å². The molecule has 0 unspecified atom stereocenters. The van der Waals surface area contributed by atoms with Crippen molar-refractivity contribution >= 4 is 17.2 Å². The lowest BCUT2D eigenvalue weighted by molar-refractivity contribution is -0.115. The molecule has 0 fully saturated rings. The van der Waals surface area contributed by atoms with Gasteiger partial charge in [-0.3, -0.25) is 19.6 Å². The minimum atomic E-state index is -0.277. The van der Waals surface area contributed by atoms with Gasteiger partial charge in [0.2, 0.25) is 0 Å². The van der Waals surface area contributed by atoms with Gasteiger partial charge in [-0.05, 0) is 26.0 Å². The maximum Gasteiger partial charge on any atom is 0.273 e. The van der Waals surface area contributed by atoms with Crippen molar-refractivity contribution in [1.29, 1.82) is 0 Å². The van der Waals surface area contributed by atoms with Crippen LogP contribution in [0.3, 0.4) is 0 Å². The molecule has 5 heteroatoms. The van der Waals surface area contributed by atoms with Crippen LogP contribution >= 0.6 is 0 Å². The zero-order valence-electron chi connectivity index (χ0n) is 11.4. The van der Waals surface area contributed by atoms with Crippen LogP contribution in [0.1, 0.15) is 20.3 Å². The number of nitrogens with zero attached hydrogens (tertiary/aromatic N) is 2. The minimum Gasteiger partial charge on any atom is -0.327 e. The van der Waals surface area contributed by atoms with E-state index in [1.807, 2.05) is 12.1 Å². The molecule has 2 rings (SSSR count). The van der Waals surface area contributed by atoms with Crippen molar-refractivity contribution in [3.63, 3.8) is 0 Å². The predicted molar refractivity (Wildman–Crippen MR) is 78.4 cm³/mol. The fraction of sp³-hybridized carbons (Fsp3) is 0.200. The largest absolute Gasteiger partial charge is 0.327 e. The molecule has 5 nitrogen and oxygen atoms in total. The van der Waals surface area contributed by atoms with Gasteiger partial charge in [0, 0.05) is 41.8 Å². The van der Waals surface area contributed by atoms with E-state index in [-0.39, 0.29) is 17.8 Å². The number of pyridine rings is 2. The SMILES string of the molecule is CC(=O)CC(C)=Nc1cc(-c2cccnc2)c[nH]c1=O. The summed E-state index contributed by atoms with van der Waals surface area (Å²) in [5.74, 6) is 0.0195. The highest BCUT2D eigenvalue weighted by Gasteiger charge is 2.04. The lowest BCUT2D eigenvalue weighted by Crippen LogP contribution is -2.07. The minimum absolute atomic E-state index is 0.0195. The Morgan fingerprint density at radius 3 is 2.80 bits per heavy atom. The van der Waals surface area contributed by atoms with E-state index in [0.717, 1.165) is 11.1 Å². The van der Waals surface area contributed by atoms with Gasteiger partial charge in [0.25, 0.3) is 5.56 Å². The number of H-pyrrole nitrogens is 1. The van der Waals surface area contributed by atoms with Crippen LogP contribution in [-0.2, 0) is 4.79 Å². The lowest BCUT2D eigenvalue weighted by Gasteiger charge is -2.02. The van der Waals surface area contributed by atoms with E-state index < -0.39 is 0 Å². The second-order valence-electron chi connectivity index (χ2n) is 4.57. The first-order chi connectivity index (χ1) is 9.56. The number of nitrogens with one attached hydrogen (secondary N) is 1. The maximum atomic E-state index is 11.8. The first kappa shape index (κ1) is 13.9. The molecule has 0 saturated carbocycles. The molecule has 0 aromatic carbocycles. The summed E-state index contributed by atoms with van der Waals surface area (Å²) in [4.78, 5) is 33.7. The van der Waals surface area contributed by atoms with E-state index in [2.05, 4.69) is 15.0 Å². The summed E-state index contributed by atoms with van der Waals surface area (Å²) < 4.78 is 0. The van der Waals surface area contributed by atoms with Crippen LogP contribution in [0.5, 0.6) is 0 Å². The molecule has 0 aliphatic rings. The Hall–Kier alpha value is -2.56. The Balaban J connectivity index is 2.40. The third-order valence-electron chi connectivity index (χ3n) is 2.69. The number of carbonyl (C=O) groups is 1. The van der Waals surface area contributed by atoms with Crippen LogP contribution in [0, 0.1) is 0 Å². The molecule has 0 atom stereocenters. The molecule has 2 aromatic rings. The second-order valence-corrected chi connectivity index (χ2v) is 4.57. The van der Waals surface area contributed by atoms with Gasteiger partial charge in [0.15, 0.2) is 0 Å². The first-order valence-electron chi connectivity index (χ1n) is 6.23. The van der Waals surface area contributed by atoms with Gasteiger partial charge < -0.3 is 4.98 Å². The fourth-order valence-electron chi connectivity index (χ4n) is 1.86. The molecular weight excluding hydrogens is 254 g/mol. The van der Waals surface area contributed by atoms with E-state index in [1.54, 1.807) is 31.6 Å². The number of carbonyl (C=O) groups excluding carboxylic acids is 1. The third kappa shape index (κ3) is 3.47. The summed E-state index contributed by atoms with van der Waals surface area (Å²) in [7, 11) is 0. The average Bonchev–Trinajstić information content (AvgIpc) is 2.41. The van der Waals surface area contributed by atoms with Gasteiger partial charge in [0.05, 0.1) is 0 Å². The molecule has 2 heterocycles. The van der Waals surface area contributed by atoms with Gasteiger partial charge in [-0.2, -0.15) is 0 Å². The van der Waals surface area contributed by atoms with Crippen molar-refractivity contribution in [2.24, 2.45) is 4.99 Å². The van der Waals surface area contributed by atoms with Crippen LogP contribution in [0.2, 0.25) is 0 Å². The number of ketones is 1. The van der Waals surface area contributed by atoms with Crippen LogP contribution in [0.25, 0.3) is 11.1 Å². The summed E-state index contributed by atoms with van der Waals surface area (Å²) in [5, 5.41) is 0. The van der Waals surface area contributed by atoms with Gasteiger partial charge in [-0.25, -0.2) is 0 Å². The maximum absolute atomic E-state index is 11.8. The van der Waals surface area contributed by atoms with E-state index in [1.165, 1.54) is 6.92 Å². The number of hydrogen-bond acceptors (Lipinski definition) is 4. The van der Waals surface area contributed by atoms with E-state index in [0.29, 0.717) is 11.4 Å². The van der Waals surface area contributed by atoms with Crippen molar-refractivity contribution < 1.29 is 4.79 Å². The lowest BCUT2D eigenvalue weighted by atomic mass is 10.1. The molecule has 0 aliphatic heterocycles. The number of Topliss-reactive ketones (excluding diaryl/α,β-unsaturated/α-hetero) is 1. The average molecular weight is 269 g/mol. The Labute approximate surface area is 116 Å². The van der Waals surface area contributed by atoms with Crippen molar-refractivity contribution in [2.75, 3.05) is 0 Å². The monoisotopic (exact) mass is 269 g/mol. The quantitative estimate of drug-likeness (QED) is 0.866. The summed E-state index contributed by atoms with van der Waals surface area (Å²) in [6.45, 7) is 3.23.